The summed E-state index contributed by atoms with van der Waals surface area (Å²) in [7, 11) is 1.25. The van der Waals surface area contributed by atoms with Crippen LogP contribution in [-0.4, -0.2) is 71.1 Å². The van der Waals surface area contributed by atoms with Crippen molar-refractivity contribution in [2.24, 2.45) is 11.3 Å². The summed E-state index contributed by atoms with van der Waals surface area (Å²) in [5.74, 6) is -0.728. The number of hydrazine groups is 1. The fraction of sp³-hybridized carbons (Fsp3) is 0.545. The molecule has 43 heavy (non-hydrogen) atoms. The summed E-state index contributed by atoms with van der Waals surface area (Å²) in [6.07, 6.45) is -0.451. The predicted octanol–water partition coefficient (Wildman–Crippen LogP) is 3.27. The molecule has 10 heteroatoms. The van der Waals surface area contributed by atoms with Gasteiger partial charge in [-0.3, -0.25) is 15.0 Å². The normalized spacial score (nSPS) is 18.5. The van der Waals surface area contributed by atoms with Crippen molar-refractivity contribution in [1.82, 2.24) is 21.1 Å². The number of carbonyl (C=O) groups excluding carboxylic acids is 3. The summed E-state index contributed by atoms with van der Waals surface area (Å²) in [5, 5.41) is 29.9. The van der Waals surface area contributed by atoms with Crippen molar-refractivity contribution in [2.45, 2.75) is 84.1 Å². The van der Waals surface area contributed by atoms with Crippen LogP contribution in [0.15, 0.2) is 54.6 Å². The minimum Gasteiger partial charge on any atom is -0.453 e. The third-order valence-corrected chi connectivity index (χ3v) is 7.70. The van der Waals surface area contributed by atoms with Crippen molar-refractivity contribution in [3.8, 4) is 0 Å². The number of fused-ring (bicyclic) bond motifs is 1. The van der Waals surface area contributed by atoms with Crippen LogP contribution >= 0.6 is 0 Å². The zero-order valence-corrected chi connectivity index (χ0v) is 26.2. The molecule has 2 aromatic carbocycles. The van der Waals surface area contributed by atoms with Gasteiger partial charge in [0.15, 0.2) is 0 Å². The number of amides is 3. The summed E-state index contributed by atoms with van der Waals surface area (Å²) in [6.45, 7) is 10.5. The molecule has 0 aromatic heterocycles. The number of aliphatic hydroxyl groups is 2. The Labute approximate surface area is 255 Å². The number of nitrogens with one attached hydrogen (secondary N) is 3. The summed E-state index contributed by atoms with van der Waals surface area (Å²) in [4.78, 5) is 39.0. The summed E-state index contributed by atoms with van der Waals surface area (Å²) < 4.78 is 4.72. The van der Waals surface area contributed by atoms with Crippen LogP contribution in [-0.2, 0) is 27.2 Å². The van der Waals surface area contributed by atoms with Gasteiger partial charge >= 0.3 is 6.09 Å². The lowest BCUT2D eigenvalue weighted by Crippen LogP contribution is -2.58. The lowest BCUT2D eigenvalue weighted by molar-refractivity contribution is -0.142. The molecule has 0 spiro atoms. The molecule has 236 valence electrons. The van der Waals surface area contributed by atoms with Gasteiger partial charge in [-0.1, -0.05) is 89.2 Å². The standard InChI is InChI=1S/C33H48N4O6/c1-22(2)21-37(36-29(39)28(32(3,4)5)35-31(41)43-6)18-12-17-33(42,20-23-13-8-7-9-14-23)30(40)34-27-25-16-11-10-15-24(25)19-26(27)38/h7-11,13-16,22,26-28,38,42H,12,17-21H2,1-6H3,(H,34,40)(H,35,41)(H,36,39)/t26-,27+,28-,33-/m1/s1. The first kappa shape index (κ1) is 34.0. The Morgan fingerprint density at radius 1 is 1.05 bits per heavy atom. The quantitative estimate of drug-likeness (QED) is 0.224. The van der Waals surface area contributed by atoms with Crippen LogP contribution in [0.4, 0.5) is 4.79 Å². The lowest BCUT2D eigenvalue weighted by atomic mass is 9.86. The molecule has 0 aliphatic heterocycles. The van der Waals surface area contributed by atoms with Gasteiger partial charge in [-0.05, 0) is 40.9 Å². The Balaban J connectivity index is 1.75. The molecule has 0 saturated heterocycles. The third-order valence-electron chi connectivity index (χ3n) is 7.70. The fourth-order valence-corrected chi connectivity index (χ4v) is 5.51. The van der Waals surface area contributed by atoms with Gasteiger partial charge in [0, 0.05) is 25.9 Å². The average Bonchev–Trinajstić information content (AvgIpc) is 3.25. The summed E-state index contributed by atoms with van der Waals surface area (Å²) in [6, 6.07) is 15.5. The van der Waals surface area contributed by atoms with Crippen LogP contribution in [0.25, 0.3) is 0 Å². The second kappa shape index (κ2) is 14.8. The highest BCUT2D eigenvalue weighted by atomic mass is 16.5. The maximum Gasteiger partial charge on any atom is 0.407 e. The zero-order chi connectivity index (χ0) is 31.8. The number of benzene rings is 2. The van der Waals surface area contributed by atoms with Gasteiger partial charge in [-0.25, -0.2) is 9.80 Å². The van der Waals surface area contributed by atoms with E-state index in [1.807, 2.05) is 89.2 Å². The first-order valence-electron chi connectivity index (χ1n) is 15.0. The number of hydrogen-bond acceptors (Lipinski definition) is 7. The van der Waals surface area contributed by atoms with Gasteiger partial charge < -0.3 is 25.6 Å². The second-order valence-corrected chi connectivity index (χ2v) is 13.0. The van der Waals surface area contributed by atoms with Gasteiger partial charge in [0.25, 0.3) is 11.8 Å². The van der Waals surface area contributed by atoms with Crippen LogP contribution < -0.4 is 16.1 Å². The molecule has 0 bridgehead atoms. The second-order valence-electron chi connectivity index (χ2n) is 13.0. The predicted molar refractivity (Wildman–Crippen MR) is 165 cm³/mol. The molecule has 0 saturated carbocycles. The fourth-order valence-electron chi connectivity index (χ4n) is 5.51. The van der Waals surface area contributed by atoms with Gasteiger partial charge in [0.1, 0.15) is 11.6 Å². The van der Waals surface area contributed by atoms with Crippen molar-refractivity contribution in [2.75, 3.05) is 20.2 Å². The highest BCUT2D eigenvalue weighted by Gasteiger charge is 2.40. The molecule has 2 aromatic rings. The molecule has 0 heterocycles. The topological polar surface area (TPSA) is 140 Å². The number of nitrogens with zero attached hydrogens (tertiary/aromatic N) is 1. The van der Waals surface area contributed by atoms with Crippen LogP contribution in [0.2, 0.25) is 0 Å². The summed E-state index contributed by atoms with van der Waals surface area (Å²) in [5.41, 5.74) is 3.23. The van der Waals surface area contributed by atoms with Crippen LogP contribution in [0.1, 0.15) is 70.2 Å². The minimum atomic E-state index is -1.76. The number of hydrogen-bond donors (Lipinski definition) is 5. The molecule has 0 fully saturated rings. The van der Waals surface area contributed by atoms with Crippen molar-refractivity contribution >= 4 is 17.9 Å². The number of alkyl carbamates (subject to hydrolysis) is 1. The lowest BCUT2D eigenvalue weighted by Gasteiger charge is -2.34. The summed E-state index contributed by atoms with van der Waals surface area (Å²) >= 11 is 0. The van der Waals surface area contributed by atoms with Gasteiger partial charge in [0.2, 0.25) is 0 Å². The first-order valence-corrected chi connectivity index (χ1v) is 15.0. The Bertz CT molecular complexity index is 1230. The van der Waals surface area contributed by atoms with Crippen LogP contribution in [0.5, 0.6) is 0 Å². The first-order chi connectivity index (χ1) is 20.2. The average molecular weight is 597 g/mol. The van der Waals surface area contributed by atoms with Crippen LogP contribution in [0, 0.1) is 11.3 Å². The molecule has 0 radical (unpaired) electrons. The van der Waals surface area contributed by atoms with E-state index in [4.69, 9.17) is 4.74 Å². The Morgan fingerprint density at radius 2 is 1.70 bits per heavy atom. The highest BCUT2D eigenvalue weighted by molar-refractivity contribution is 5.86. The van der Waals surface area contributed by atoms with Gasteiger partial charge in [-0.2, -0.15) is 0 Å². The minimum absolute atomic E-state index is 0.0931. The molecule has 3 amide bonds. The van der Waals surface area contributed by atoms with E-state index >= 15 is 0 Å². The van der Waals surface area contributed by atoms with Crippen LogP contribution in [0.3, 0.4) is 0 Å². The molecule has 0 unspecified atom stereocenters. The van der Waals surface area contributed by atoms with E-state index in [1.165, 1.54) is 7.11 Å². The Kier molecular flexibility index (Phi) is 11.7. The van der Waals surface area contributed by atoms with E-state index in [2.05, 4.69) is 16.1 Å². The molecule has 10 nitrogen and oxygen atoms in total. The van der Waals surface area contributed by atoms with Crippen molar-refractivity contribution in [3.63, 3.8) is 0 Å². The third kappa shape index (κ3) is 9.51. The number of carbonyl (C=O) groups is 3. The number of aliphatic hydroxyl groups excluding tert-OH is 1. The molecule has 1 aliphatic rings. The Hall–Kier alpha value is -3.47. The zero-order valence-electron chi connectivity index (χ0n) is 26.2. The number of ether oxygens (including phenoxy) is 1. The smallest absolute Gasteiger partial charge is 0.407 e. The van der Waals surface area contributed by atoms with Crippen molar-refractivity contribution in [1.29, 1.82) is 0 Å². The highest BCUT2D eigenvalue weighted by Crippen LogP contribution is 2.32. The molecule has 4 atom stereocenters. The van der Waals surface area contributed by atoms with E-state index in [0.29, 0.717) is 25.9 Å². The van der Waals surface area contributed by atoms with Gasteiger partial charge in [0.05, 0.1) is 19.3 Å². The maximum absolute atomic E-state index is 13.7. The molecular weight excluding hydrogens is 548 g/mol. The van der Waals surface area contributed by atoms with Gasteiger partial charge in [-0.15, -0.1) is 0 Å². The van der Waals surface area contributed by atoms with E-state index in [9.17, 15) is 24.6 Å². The number of rotatable bonds is 13. The van der Waals surface area contributed by atoms with E-state index in [0.717, 1.165) is 16.7 Å². The molecule has 5 N–H and O–H groups in total. The van der Waals surface area contributed by atoms with E-state index < -0.39 is 41.2 Å². The largest absolute Gasteiger partial charge is 0.453 e. The molecule has 3 rings (SSSR count). The monoisotopic (exact) mass is 596 g/mol. The number of methoxy groups -OCH3 is 1. The molecular formula is C33H48N4O6. The van der Waals surface area contributed by atoms with E-state index in [1.54, 1.807) is 5.01 Å². The Morgan fingerprint density at radius 3 is 2.33 bits per heavy atom. The molecule has 1 aliphatic carbocycles. The SMILES string of the molecule is COC(=O)N[C@H](C(=O)NN(CCC[C@@](O)(Cc1ccccc1)C(=O)N[C@H]1c2ccccc2C[C@H]1O)CC(C)C)C(C)(C)C. The van der Waals surface area contributed by atoms with E-state index in [-0.39, 0.29) is 24.7 Å². The van der Waals surface area contributed by atoms with Crippen molar-refractivity contribution < 1.29 is 29.3 Å². The van der Waals surface area contributed by atoms with Crippen molar-refractivity contribution in [3.05, 3.63) is 71.3 Å². The maximum atomic E-state index is 13.7.